The highest BCUT2D eigenvalue weighted by atomic mass is 19.1. The van der Waals surface area contributed by atoms with E-state index in [1.807, 2.05) is 12.1 Å². The molecule has 1 fully saturated rings. The number of benzene rings is 1. The van der Waals surface area contributed by atoms with Crippen LogP contribution in [0.2, 0.25) is 0 Å². The minimum absolute atomic E-state index is 0.0515. The van der Waals surface area contributed by atoms with Gasteiger partial charge in [0.25, 0.3) is 0 Å². The zero-order chi connectivity index (χ0) is 19.5. The molecule has 0 spiro atoms. The number of anilines is 2. The molecule has 0 aliphatic carbocycles. The van der Waals surface area contributed by atoms with Crippen molar-refractivity contribution >= 4 is 23.3 Å². The van der Waals surface area contributed by atoms with E-state index >= 15 is 0 Å². The molecule has 148 valence electrons. The van der Waals surface area contributed by atoms with Crippen molar-refractivity contribution in [3.05, 3.63) is 47.7 Å². The lowest BCUT2D eigenvalue weighted by atomic mass is 10.0. The maximum absolute atomic E-state index is 13.9. The summed E-state index contributed by atoms with van der Waals surface area (Å²) < 4.78 is 19.5. The number of fused-ring (bicyclic) bond motifs is 1. The summed E-state index contributed by atoms with van der Waals surface area (Å²) in [5.74, 6) is 0.211. The van der Waals surface area contributed by atoms with Crippen molar-refractivity contribution in [2.24, 2.45) is 0 Å². The summed E-state index contributed by atoms with van der Waals surface area (Å²) in [6.45, 7) is 2.28. The zero-order valence-corrected chi connectivity index (χ0v) is 15.5. The van der Waals surface area contributed by atoms with Crippen LogP contribution in [0.25, 0.3) is 0 Å². The fraction of sp³-hybridized carbons (Fsp3) is 0.400. The van der Waals surface area contributed by atoms with E-state index in [1.54, 1.807) is 6.26 Å². The van der Waals surface area contributed by atoms with Crippen molar-refractivity contribution in [3.63, 3.8) is 0 Å². The number of carbonyl (C=O) groups excluding carboxylic acids is 2. The molecule has 8 heteroatoms. The Labute approximate surface area is 162 Å². The molecule has 3 heterocycles. The van der Waals surface area contributed by atoms with Crippen molar-refractivity contribution in [3.8, 4) is 0 Å². The fourth-order valence-electron chi connectivity index (χ4n) is 3.86. The SMILES string of the molecule is O=C1CCc2cc(F)cc(NC(=O)NC[C@@H](c3ccco3)N3CCCC3)c2N1. The summed E-state index contributed by atoms with van der Waals surface area (Å²) in [4.78, 5) is 26.4. The number of urea groups is 1. The Kier molecular flexibility index (Phi) is 5.29. The maximum Gasteiger partial charge on any atom is 0.319 e. The average Bonchev–Trinajstić information content (AvgIpc) is 3.37. The second-order valence-electron chi connectivity index (χ2n) is 7.14. The van der Waals surface area contributed by atoms with Gasteiger partial charge in [-0.25, -0.2) is 9.18 Å². The lowest BCUT2D eigenvalue weighted by Crippen LogP contribution is -2.38. The monoisotopic (exact) mass is 386 g/mol. The van der Waals surface area contributed by atoms with Crippen LogP contribution >= 0.6 is 0 Å². The van der Waals surface area contributed by atoms with E-state index in [1.165, 1.54) is 12.1 Å². The van der Waals surface area contributed by atoms with Gasteiger partial charge in [-0.1, -0.05) is 0 Å². The first-order chi connectivity index (χ1) is 13.6. The first kappa shape index (κ1) is 18.5. The number of halogens is 1. The van der Waals surface area contributed by atoms with Crippen molar-refractivity contribution < 1.29 is 18.4 Å². The molecule has 2 aliphatic rings. The van der Waals surface area contributed by atoms with Crippen LogP contribution in [-0.2, 0) is 11.2 Å². The van der Waals surface area contributed by atoms with Crippen LogP contribution in [0.4, 0.5) is 20.6 Å². The Morgan fingerprint density at radius 3 is 2.86 bits per heavy atom. The number of aryl methyl sites for hydroxylation is 1. The van der Waals surface area contributed by atoms with Crippen molar-refractivity contribution in [1.82, 2.24) is 10.2 Å². The number of carbonyl (C=O) groups is 2. The van der Waals surface area contributed by atoms with E-state index < -0.39 is 11.8 Å². The molecule has 3 N–H and O–H groups in total. The second kappa shape index (κ2) is 8.02. The summed E-state index contributed by atoms with van der Waals surface area (Å²) in [5.41, 5.74) is 1.41. The van der Waals surface area contributed by atoms with Gasteiger partial charge in [-0.15, -0.1) is 0 Å². The van der Waals surface area contributed by atoms with Crippen LogP contribution in [0, 0.1) is 5.82 Å². The van der Waals surface area contributed by atoms with Crippen molar-refractivity contribution in [2.75, 3.05) is 30.3 Å². The first-order valence-electron chi connectivity index (χ1n) is 9.55. The third-order valence-corrected chi connectivity index (χ3v) is 5.23. The molecule has 2 aliphatic heterocycles. The number of nitrogens with zero attached hydrogens (tertiary/aromatic N) is 1. The molecule has 1 aromatic heterocycles. The smallest absolute Gasteiger partial charge is 0.319 e. The number of nitrogens with one attached hydrogen (secondary N) is 3. The van der Waals surface area contributed by atoms with Crippen LogP contribution < -0.4 is 16.0 Å². The van der Waals surface area contributed by atoms with Gasteiger partial charge >= 0.3 is 6.03 Å². The number of amides is 3. The molecular weight excluding hydrogens is 363 g/mol. The van der Waals surface area contributed by atoms with Gasteiger partial charge < -0.3 is 20.4 Å². The largest absolute Gasteiger partial charge is 0.468 e. The minimum atomic E-state index is -0.455. The normalized spacial score (nSPS) is 17.7. The first-order valence-corrected chi connectivity index (χ1v) is 9.55. The quantitative estimate of drug-likeness (QED) is 0.736. The number of hydrogen-bond donors (Lipinski definition) is 3. The number of likely N-dealkylation sites (tertiary alicyclic amines) is 1. The topological polar surface area (TPSA) is 86.6 Å². The predicted molar refractivity (Wildman–Crippen MR) is 103 cm³/mol. The molecular formula is C20H23FN4O3. The minimum Gasteiger partial charge on any atom is -0.468 e. The highest BCUT2D eigenvalue weighted by Gasteiger charge is 2.26. The molecule has 0 radical (unpaired) electrons. The Morgan fingerprint density at radius 1 is 1.29 bits per heavy atom. The van der Waals surface area contributed by atoms with Crippen LogP contribution in [0.15, 0.2) is 34.9 Å². The number of hydrogen-bond acceptors (Lipinski definition) is 4. The van der Waals surface area contributed by atoms with Gasteiger partial charge in [0.2, 0.25) is 5.91 Å². The molecule has 7 nitrogen and oxygen atoms in total. The fourth-order valence-corrected chi connectivity index (χ4v) is 3.86. The Morgan fingerprint density at radius 2 is 2.11 bits per heavy atom. The van der Waals surface area contributed by atoms with Crippen molar-refractivity contribution in [2.45, 2.75) is 31.7 Å². The van der Waals surface area contributed by atoms with E-state index in [0.717, 1.165) is 31.7 Å². The Bertz CT molecular complexity index is 863. The average molecular weight is 386 g/mol. The number of furan rings is 1. The van der Waals surface area contributed by atoms with E-state index in [-0.39, 0.29) is 17.6 Å². The zero-order valence-electron chi connectivity index (χ0n) is 15.5. The van der Waals surface area contributed by atoms with Crippen LogP contribution in [0.3, 0.4) is 0 Å². The molecule has 1 aromatic carbocycles. The number of rotatable bonds is 5. The van der Waals surface area contributed by atoms with Crippen LogP contribution in [0.1, 0.15) is 36.6 Å². The van der Waals surface area contributed by atoms with E-state index in [9.17, 15) is 14.0 Å². The third kappa shape index (κ3) is 4.01. The van der Waals surface area contributed by atoms with Gasteiger partial charge in [0.1, 0.15) is 11.6 Å². The summed E-state index contributed by atoms with van der Waals surface area (Å²) in [7, 11) is 0. The van der Waals surface area contributed by atoms with Gasteiger partial charge in [-0.05, 0) is 62.2 Å². The van der Waals surface area contributed by atoms with Crippen LogP contribution in [-0.4, -0.2) is 36.5 Å². The highest BCUT2D eigenvalue weighted by Crippen LogP contribution is 2.32. The Hall–Kier alpha value is -2.87. The van der Waals surface area contributed by atoms with Gasteiger partial charge in [0.15, 0.2) is 0 Å². The molecule has 2 aromatic rings. The predicted octanol–water partition coefficient (Wildman–Crippen LogP) is 3.26. The van der Waals surface area contributed by atoms with Crippen molar-refractivity contribution in [1.29, 1.82) is 0 Å². The van der Waals surface area contributed by atoms with Gasteiger partial charge in [-0.3, -0.25) is 9.69 Å². The highest BCUT2D eigenvalue weighted by molar-refractivity contribution is 6.01. The molecule has 3 amide bonds. The summed E-state index contributed by atoms with van der Waals surface area (Å²) in [5, 5.41) is 8.24. The van der Waals surface area contributed by atoms with Gasteiger partial charge in [0, 0.05) is 13.0 Å². The molecule has 0 saturated carbocycles. The Balaban J connectivity index is 1.44. The molecule has 0 bridgehead atoms. The van der Waals surface area contributed by atoms with E-state index in [0.29, 0.717) is 30.6 Å². The van der Waals surface area contributed by atoms with Gasteiger partial charge in [-0.2, -0.15) is 0 Å². The standard InChI is InChI=1S/C20H23FN4O3/c21-14-10-13-5-6-18(26)24-19(13)15(11-14)23-20(27)22-12-16(17-4-3-9-28-17)25-7-1-2-8-25/h3-4,9-11,16H,1-2,5-8,12H2,(H,24,26)(H2,22,23,27)/t16-/m0/s1. The van der Waals surface area contributed by atoms with E-state index in [2.05, 4.69) is 20.9 Å². The summed E-state index contributed by atoms with van der Waals surface area (Å²) in [6.07, 6.45) is 4.63. The van der Waals surface area contributed by atoms with Gasteiger partial charge in [0.05, 0.1) is 23.7 Å². The summed E-state index contributed by atoms with van der Waals surface area (Å²) in [6, 6.07) is 5.83. The molecule has 1 saturated heterocycles. The molecule has 28 heavy (non-hydrogen) atoms. The van der Waals surface area contributed by atoms with Crippen LogP contribution in [0.5, 0.6) is 0 Å². The lowest BCUT2D eigenvalue weighted by Gasteiger charge is -2.26. The lowest BCUT2D eigenvalue weighted by molar-refractivity contribution is -0.116. The second-order valence-corrected chi connectivity index (χ2v) is 7.14. The third-order valence-electron chi connectivity index (χ3n) is 5.23. The molecule has 1 atom stereocenters. The molecule has 0 unspecified atom stereocenters. The summed E-state index contributed by atoms with van der Waals surface area (Å²) >= 11 is 0. The van der Waals surface area contributed by atoms with E-state index in [4.69, 9.17) is 4.42 Å². The molecule has 4 rings (SSSR count). The maximum atomic E-state index is 13.9.